The van der Waals surface area contributed by atoms with E-state index in [1.54, 1.807) is 0 Å². The van der Waals surface area contributed by atoms with Gasteiger partial charge in [0.1, 0.15) is 5.75 Å². The van der Waals surface area contributed by atoms with Gasteiger partial charge in [0.05, 0.1) is 6.61 Å². The van der Waals surface area contributed by atoms with Crippen LogP contribution in [0.15, 0.2) is 48.5 Å². The Kier molecular flexibility index (Phi) is 6.09. The Hall–Kier alpha value is -1.51. The molecule has 0 aliphatic carbocycles. The first-order valence-corrected chi connectivity index (χ1v) is 7.77. The Balaban J connectivity index is 1.91. The molecular formula is C18H22ClNO. The minimum atomic E-state index is 0.280. The Morgan fingerprint density at radius 3 is 2.62 bits per heavy atom. The summed E-state index contributed by atoms with van der Waals surface area (Å²) in [5.74, 6) is 0.940. The molecule has 1 N–H and O–H groups in total. The zero-order valence-electron chi connectivity index (χ0n) is 12.6. The third-order valence-corrected chi connectivity index (χ3v) is 3.61. The molecule has 0 aliphatic rings. The van der Waals surface area contributed by atoms with E-state index < -0.39 is 0 Å². The Morgan fingerprint density at radius 1 is 1.14 bits per heavy atom. The molecule has 0 bridgehead atoms. The number of halogens is 1. The topological polar surface area (TPSA) is 21.3 Å². The van der Waals surface area contributed by atoms with Gasteiger partial charge in [-0.15, -0.1) is 0 Å². The van der Waals surface area contributed by atoms with Gasteiger partial charge in [-0.2, -0.15) is 0 Å². The van der Waals surface area contributed by atoms with Crippen molar-refractivity contribution in [3.63, 3.8) is 0 Å². The summed E-state index contributed by atoms with van der Waals surface area (Å²) in [4.78, 5) is 0. The van der Waals surface area contributed by atoms with Gasteiger partial charge in [0.2, 0.25) is 0 Å². The second-order valence-electron chi connectivity index (χ2n) is 5.15. The molecule has 3 heteroatoms. The summed E-state index contributed by atoms with van der Waals surface area (Å²) in [6.45, 7) is 5.84. The van der Waals surface area contributed by atoms with E-state index >= 15 is 0 Å². The van der Waals surface area contributed by atoms with Crippen LogP contribution in [0.5, 0.6) is 5.75 Å². The minimum absolute atomic E-state index is 0.280. The summed E-state index contributed by atoms with van der Waals surface area (Å²) in [7, 11) is 0. The van der Waals surface area contributed by atoms with Gasteiger partial charge in [0.15, 0.2) is 0 Å². The Bertz CT molecular complexity index is 553. The van der Waals surface area contributed by atoms with E-state index in [1.807, 2.05) is 24.3 Å². The van der Waals surface area contributed by atoms with Crippen LogP contribution in [-0.4, -0.2) is 6.61 Å². The molecule has 0 aliphatic heterocycles. The first-order chi connectivity index (χ1) is 10.2. The maximum absolute atomic E-state index is 5.91. The Morgan fingerprint density at radius 2 is 1.90 bits per heavy atom. The van der Waals surface area contributed by atoms with Crippen molar-refractivity contribution < 1.29 is 4.74 Å². The van der Waals surface area contributed by atoms with Crippen LogP contribution in [0.2, 0.25) is 5.02 Å². The molecule has 1 atom stereocenters. The smallest absolute Gasteiger partial charge is 0.119 e. The molecule has 2 nitrogen and oxygen atoms in total. The summed E-state index contributed by atoms with van der Waals surface area (Å²) in [6.07, 6.45) is 1.02. The van der Waals surface area contributed by atoms with Crippen LogP contribution in [0, 0.1) is 0 Å². The van der Waals surface area contributed by atoms with E-state index in [-0.39, 0.29) is 6.04 Å². The molecule has 0 heterocycles. The van der Waals surface area contributed by atoms with E-state index in [9.17, 15) is 0 Å². The summed E-state index contributed by atoms with van der Waals surface area (Å²) in [6, 6.07) is 16.5. The lowest BCUT2D eigenvalue weighted by Gasteiger charge is -2.15. The van der Waals surface area contributed by atoms with Crippen molar-refractivity contribution in [2.45, 2.75) is 32.9 Å². The summed E-state index contributed by atoms with van der Waals surface area (Å²) in [5, 5.41) is 4.29. The highest BCUT2D eigenvalue weighted by Gasteiger charge is 2.05. The predicted octanol–water partition coefficient (Wildman–Crippen LogP) is 4.98. The quantitative estimate of drug-likeness (QED) is 0.779. The lowest BCUT2D eigenvalue weighted by molar-refractivity contribution is 0.317. The molecule has 2 aromatic rings. The van der Waals surface area contributed by atoms with Crippen LogP contribution < -0.4 is 10.1 Å². The van der Waals surface area contributed by atoms with Crippen LogP contribution >= 0.6 is 11.6 Å². The van der Waals surface area contributed by atoms with Gasteiger partial charge in [-0.3, -0.25) is 0 Å². The first kappa shape index (κ1) is 15.9. The van der Waals surface area contributed by atoms with Crippen molar-refractivity contribution in [2.24, 2.45) is 0 Å². The highest BCUT2D eigenvalue weighted by atomic mass is 35.5. The van der Waals surface area contributed by atoms with Crippen LogP contribution in [0.3, 0.4) is 0 Å². The number of hydrogen-bond donors (Lipinski definition) is 1. The second-order valence-corrected chi connectivity index (χ2v) is 5.59. The average Bonchev–Trinajstić information content (AvgIpc) is 2.52. The fourth-order valence-corrected chi connectivity index (χ4v) is 2.23. The highest BCUT2D eigenvalue weighted by Crippen LogP contribution is 2.18. The molecule has 0 amide bonds. The van der Waals surface area contributed by atoms with E-state index in [0.29, 0.717) is 0 Å². The molecule has 1 unspecified atom stereocenters. The van der Waals surface area contributed by atoms with Crippen molar-refractivity contribution in [1.82, 2.24) is 5.32 Å². The van der Waals surface area contributed by atoms with Crippen molar-refractivity contribution in [3.05, 3.63) is 64.7 Å². The zero-order valence-corrected chi connectivity index (χ0v) is 13.4. The monoisotopic (exact) mass is 303 g/mol. The number of hydrogen-bond acceptors (Lipinski definition) is 2. The number of rotatable bonds is 7. The van der Waals surface area contributed by atoms with Crippen LogP contribution in [0.1, 0.15) is 37.4 Å². The van der Waals surface area contributed by atoms with Crippen molar-refractivity contribution >= 4 is 11.6 Å². The predicted molar refractivity (Wildman–Crippen MR) is 88.9 cm³/mol. The normalized spacial score (nSPS) is 12.1. The van der Waals surface area contributed by atoms with Crippen LogP contribution in [0.25, 0.3) is 0 Å². The van der Waals surface area contributed by atoms with Crippen LogP contribution in [-0.2, 0) is 6.54 Å². The number of nitrogens with one attached hydrogen (secondary N) is 1. The molecule has 21 heavy (non-hydrogen) atoms. The van der Waals surface area contributed by atoms with Gasteiger partial charge in [0, 0.05) is 17.6 Å². The van der Waals surface area contributed by atoms with Gasteiger partial charge in [-0.05, 0) is 48.7 Å². The fourth-order valence-electron chi connectivity index (χ4n) is 2.11. The molecular weight excluding hydrogens is 282 g/mol. The lowest BCUT2D eigenvalue weighted by Crippen LogP contribution is -2.18. The van der Waals surface area contributed by atoms with E-state index in [1.165, 1.54) is 11.1 Å². The van der Waals surface area contributed by atoms with E-state index in [2.05, 4.69) is 43.4 Å². The zero-order chi connectivity index (χ0) is 15.1. The molecule has 0 aromatic heterocycles. The maximum Gasteiger partial charge on any atom is 0.119 e. The van der Waals surface area contributed by atoms with Gasteiger partial charge in [-0.25, -0.2) is 0 Å². The number of benzene rings is 2. The minimum Gasteiger partial charge on any atom is -0.494 e. The van der Waals surface area contributed by atoms with Gasteiger partial charge in [-0.1, -0.05) is 42.8 Å². The number of ether oxygens (including phenoxy) is 1. The molecule has 0 spiro atoms. The van der Waals surface area contributed by atoms with Crippen molar-refractivity contribution in [3.8, 4) is 5.75 Å². The van der Waals surface area contributed by atoms with Crippen LogP contribution in [0.4, 0.5) is 0 Å². The molecule has 0 radical (unpaired) electrons. The van der Waals surface area contributed by atoms with E-state index in [4.69, 9.17) is 16.3 Å². The Labute approximate surface area is 132 Å². The third-order valence-electron chi connectivity index (χ3n) is 3.35. The van der Waals surface area contributed by atoms with Gasteiger partial charge in [0.25, 0.3) is 0 Å². The second kappa shape index (κ2) is 8.06. The molecule has 2 rings (SSSR count). The first-order valence-electron chi connectivity index (χ1n) is 7.39. The molecule has 0 fully saturated rings. The van der Waals surface area contributed by atoms with Gasteiger partial charge < -0.3 is 10.1 Å². The maximum atomic E-state index is 5.91. The van der Waals surface area contributed by atoms with Gasteiger partial charge >= 0.3 is 0 Å². The average molecular weight is 304 g/mol. The third kappa shape index (κ3) is 5.07. The summed E-state index contributed by atoms with van der Waals surface area (Å²) < 4.78 is 5.66. The fraction of sp³-hybridized carbons (Fsp3) is 0.333. The molecule has 2 aromatic carbocycles. The standard InChI is InChI=1S/C18H22ClNO/c1-3-11-21-18-6-4-5-15(12-18)13-20-14(2)16-7-9-17(19)10-8-16/h4-10,12,14,20H,3,11,13H2,1-2H3. The summed E-state index contributed by atoms with van der Waals surface area (Å²) in [5.41, 5.74) is 2.46. The SMILES string of the molecule is CCCOc1cccc(CNC(C)c2ccc(Cl)cc2)c1. The van der Waals surface area contributed by atoms with E-state index in [0.717, 1.165) is 30.3 Å². The van der Waals surface area contributed by atoms with Crippen molar-refractivity contribution in [2.75, 3.05) is 6.61 Å². The largest absolute Gasteiger partial charge is 0.494 e. The molecule has 0 saturated carbocycles. The highest BCUT2D eigenvalue weighted by molar-refractivity contribution is 6.30. The summed E-state index contributed by atoms with van der Waals surface area (Å²) >= 11 is 5.91. The molecule has 0 saturated heterocycles. The molecule has 112 valence electrons. The lowest BCUT2D eigenvalue weighted by atomic mass is 10.1. The van der Waals surface area contributed by atoms with Crippen molar-refractivity contribution in [1.29, 1.82) is 0 Å².